The van der Waals surface area contributed by atoms with Crippen LogP contribution in [0.25, 0.3) is 0 Å². The number of carbonyl (C=O) groups is 2. The molecule has 2 atom stereocenters. The maximum atomic E-state index is 13.1. The third kappa shape index (κ3) is 2.66. The highest BCUT2D eigenvalue weighted by Crippen LogP contribution is 2.34. The van der Waals surface area contributed by atoms with E-state index < -0.39 is 23.3 Å². The van der Waals surface area contributed by atoms with Crippen molar-refractivity contribution in [1.29, 1.82) is 0 Å². The molecule has 0 radical (unpaired) electrons. The lowest BCUT2D eigenvalue weighted by Crippen LogP contribution is -2.49. The number of carbonyl (C=O) groups excluding carboxylic acids is 2. The summed E-state index contributed by atoms with van der Waals surface area (Å²) < 4.78 is 39.2. The highest BCUT2D eigenvalue weighted by atomic mass is 19.4. The summed E-state index contributed by atoms with van der Waals surface area (Å²) in [6.45, 7) is 0.712. The van der Waals surface area contributed by atoms with E-state index in [4.69, 9.17) is 0 Å². The van der Waals surface area contributed by atoms with Crippen LogP contribution in [0.2, 0.25) is 0 Å². The van der Waals surface area contributed by atoms with Crippen LogP contribution in [0.4, 0.5) is 13.2 Å². The average Bonchev–Trinajstić information content (AvgIpc) is 2.81. The van der Waals surface area contributed by atoms with E-state index in [-0.39, 0.29) is 17.9 Å². The number of nitrogens with zero attached hydrogens (tertiary/aromatic N) is 3. The van der Waals surface area contributed by atoms with Crippen molar-refractivity contribution in [3.05, 3.63) is 29.6 Å². The molecule has 5 nitrogen and oxygen atoms in total. The molecular weight excluding hydrogens is 311 g/mol. The molecule has 1 aromatic heterocycles. The molecule has 2 amide bonds. The van der Waals surface area contributed by atoms with Crippen molar-refractivity contribution < 1.29 is 22.8 Å². The fraction of sp³-hybridized carbons (Fsp3) is 0.533. The van der Waals surface area contributed by atoms with Crippen LogP contribution >= 0.6 is 0 Å². The Balaban J connectivity index is 1.94. The second-order valence-corrected chi connectivity index (χ2v) is 5.93. The Morgan fingerprint density at radius 2 is 2.13 bits per heavy atom. The molecule has 2 aliphatic rings. The number of piperidine rings is 1. The molecule has 3 rings (SSSR count). The van der Waals surface area contributed by atoms with Gasteiger partial charge in [0.2, 0.25) is 5.91 Å². The zero-order valence-electron chi connectivity index (χ0n) is 12.5. The van der Waals surface area contributed by atoms with Gasteiger partial charge < -0.3 is 9.80 Å². The molecule has 0 spiro atoms. The van der Waals surface area contributed by atoms with Gasteiger partial charge in [0, 0.05) is 26.3 Å². The number of rotatable bonds is 1. The molecule has 2 saturated heterocycles. The highest BCUT2D eigenvalue weighted by Gasteiger charge is 2.47. The summed E-state index contributed by atoms with van der Waals surface area (Å²) in [6, 6.07) is 2.09. The normalized spacial score (nSPS) is 24.8. The number of hydrogen-bond donors (Lipinski definition) is 0. The minimum atomic E-state index is -4.69. The predicted molar refractivity (Wildman–Crippen MR) is 74.4 cm³/mol. The molecule has 0 aliphatic carbocycles. The monoisotopic (exact) mass is 327 g/mol. The quantitative estimate of drug-likeness (QED) is 0.790. The Morgan fingerprint density at radius 3 is 2.83 bits per heavy atom. The van der Waals surface area contributed by atoms with Gasteiger partial charge in [0.05, 0.1) is 17.5 Å². The number of likely N-dealkylation sites (N-methyl/N-ethyl adjacent to an activating group) is 1. The fourth-order valence-corrected chi connectivity index (χ4v) is 3.44. The summed E-state index contributed by atoms with van der Waals surface area (Å²) in [4.78, 5) is 31.0. The number of alkyl halides is 3. The number of amides is 2. The van der Waals surface area contributed by atoms with Crippen LogP contribution in [0.1, 0.15) is 28.9 Å². The van der Waals surface area contributed by atoms with Gasteiger partial charge in [-0.2, -0.15) is 13.2 Å². The number of halogens is 3. The predicted octanol–water partition coefficient (Wildman–Crippen LogP) is 1.79. The third-order valence-electron chi connectivity index (χ3n) is 4.50. The van der Waals surface area contributed by atoms with Gasteiger partial charge in [-0.3, -0.25) is 14.6 Å². The van der Waals surface area contributed by atoms with Crippen LogP contribution in [0, 0.1) is 5.92 Å². The minimum absolute atomic E-state index is 0.0465. The summed E-state index contributed by atoms with van der Waals surface area (Å²) in [6.07, 6.45) is -2.40. The van der Waals surface area contributed by atoms with Crippen LogP contribution in [-0.4, -0.2) is 52.8 Å². The second-order valence-electron chi connectivity index (χ2n) is 5.93. The summed E-state index contributed by atoms with van der Waals surface area (Å²) in [5, 5.41) is 0. The summed E-state index contributed by atoms with van der Waals surface area (Å²) in [5.74, 6) is -1.07. The molecule has 2 aliphatic heterocycles. The Hall–Kier alpha value is -2.12. The summed E-state index contributed by atoms with van der Waals surface area (Å²) >= 11 is 0. The topological polar surface area (TPSA) is 53.5 Å². The van der Waals surface area contributed by atoms with E-state index in [1.165, 1.54) is 15.9 Å². The maximum absolute atomic E-state index is 13.1. The van der Waals surface area contributed by atoms with Gasteiger partial charge in [-0.25, -0.2) is 0 Å². The summed E-state index contributed by atoms with van der Waals surface area (Å²) in [5.41, 5.74) is -1.63. The van der Waals surface area contributed by atoms with E-state index in [9.17, 15) is 22.8 Å². The van der Waals surface area contributed by atoms with Crippen molar-refractivity contribution in [3.8, 4) is 0 Å². The van der Waals surface area contributed by atoms with E-state index in [0.29, 0.717) is 25.9 Å². The van der Waals surface area contributed by atoms with Crippen LogP contribution < -0.4 is 0 Å². The molecule has 23 heavy (non-hydrogen) atoms. The van der Waals surface area contributed by atoms with Gasteiger partial charge in [0.15, 0.2) is 5.69 Å². The highest BCUT2D eigenvalue weighted by molar-refractivity contribution is 5.96. The number of aromatic nitrogens is 1. The SMILES string of the molecule is CN1C[C@@H]2[C@@H](CCCN2C(=O)c2cccnc2C(F)(F)F)C1=O. The first-order valence-electron chi connectivity index (χ1n) is 7.39. The Morgan fingerprint density at radius 1 is 1.39 bits per heavy atom. The molecule has 0 unspecified atom stereocenters. The number of hydrogen-bond acceptors (Lipinski definition) is 3. The van der Waals surface area contributed by atoms with Crippen molar-refractivity contribution in [2.75, 3.05) is 20.1 Å². The number of likely N-dealkylation sites (tertiary alicyclic amines) is 2. The smallest absolute Gasteiger partial charge is 0.343 e. The Kier molecular flexibility index (Phi) is 3.77. The van der Waals surface area contributed by atoms with Gasteiger partial charge in [-0.05, 0) is 25.0 Å². The Labute approximate surface area is 131 Å². The van der Waals surface area contributed by atoms with E-state index in [1.807, 2.05) is 0 Å². The molecular formula is C15H16F3N3O2. The number of fused-ring (bicyclic) bond motifs is 1. The van der Waals surface area contributed by atoms with E-state index in [2.05, 4.69) is 4.98 Å². The van der Waals surface area contributed by atoms with Gasteiger partial charge in [-0.1, -0.05) is 0 Å². The first-order chi connectivity index (χ1) is 10.8. The number of pyridine rings is 1. The van der Waals surface area contributed by atoms with Crippen LogP contribution in [-0.2, 0) is 11.0 Å². The largest absolute Gasteiger partial charge is 0.434 e. The van der Waals surface area contributed by atoms with Crippen molar-refractivity contribution in [2.45, 2.75) is 25.1 Å². The molecule has 0 bridgehead atoms. The van der Waals surface area contributed by atoms with Crippen molar-refractivity contribution in [2.24, 2.45) is 5.92 Å². The third-order valence-corrected chi connectivity index (χ3v) is 4.50. The summed E-state index contributed by atoms with van der Waals surface area (Å²) in [7, 11) is 1.65. The molecule has 124 valence electrons. The molecule has 8 heteroatoms. The lowest BCUT2D eigenvalue weighted by molar-refractivity contribution is -0.141. The van der Waals surface area contributed by atoms with Crippen LogP contribution in [0.15, 0.2) is 18.3 Å². The van der Waals surface area contributed by atoms with Crippen molar-refractivity contribution >= 4 is 11.8 Å². The molecule has 2 fully saturated rings. The van der Waals surface area contributed by atoms with E-state index >= 15 is 0 Å². The van der Waals surface area contributed by atoms with Crippen molar-refractivity contribution in [1.82, 2.24) is 14.8 Å². The van der Waals surface area contributed by atoms with Gasteiger partial charge in [0.1, 0.15) is 0 Å². The first-order valence-corrected chi connectivity index (χ1v) is 7.39. The van der Waals surface area contributed by atoms with Crippen LogP contribution in [0.5, 0.6) is 0 Å². The molecule has 3 heterocycles. The minimum Gasteiger partial charge on any atom is -0.343 e. The standard InChI is InChI=1S/C15H16F3N3O2/c1-20-8-11-9(13(20)22)5-3-7-21(11)14(23)10-4-2-6-19-12(10)15(16,17)18/h2,4,6,9,11H,3,5,7-8H2,1H3/t9-,11-/m1/s1. The maximum Gasteiger partial charge on any atom is 0.434 e. The first kappa shape index (κ1) is 15.8. The average molecular weight is 327 g/mol. The van der Waals surface area contributed by atoms with E-state index in [0.717, 1.165) is 12.3 Å². The lowest BCUT2D eigenvalue weighted by Gasteiger charge is -2.36. The lowest BCUT2D eigenvalue weighted by atomic mass is 9.91. The van der Waals surface area contributed by atoms with Gasteiger partial charge >= 0.3 is 6.18 Å². The van der Waals surface area contributed by atoms with Gasteiger partial charge in [-0.15, -0.1) is 0 Å². The zero-order valence-corrected chi connectivity index (χ0v) is 12.5. The molecule has 0 saturated carbocycles. The molecule has 1 aromatic rings. The fourth-order valence-electron chi connectivity index (χ4n) is 3.44. The molecule has 0 N–H and O–H groups in total. The Bertz CT molecular complexity index is 647. The van der Waals surface area contributed by atoms with Gasteiger partial charge in [0.25, 0.3) is 5.91 Å². The zero-order chi connectivity index (χ0) is 16.8. The van der Waals surface area contributed by atoms with Crippen LogP contribution in [0.3, 0.4) is 0 Å². The second kappa shape index (κ2) is 5.50. The van der Waals surface area contributed by atoms with Crippen molar-refractivity contribution in [3.63, 3.8) is 0 Å². The van der Waals surface area contributed by atoms with E-state index in [1.54, 1.807) is 7.05 Å². The molecule has 0 aromatic carbocycles.